The quantitative estimate of drug-likeness (QED) is 0.290. The fourth-order valence-electron chi connectivity index (χ4n) is 3.49. The molecule has 0 atom stereocenters. The van der Waals surface area contributed by atoms with E-state index in [2.05, 4.69) is 14.8 Å². The van der Waals surface area contributed by atoms with Gasteiger partial charge in [-0.3, -0.25) is 0 Å². The van der Waals surface area contributed by atoms with Gasteiger partial charge in [-0.2, -0.15) is 5.10 Å². The van der Waals surface area contributed by atoms with Gasteiger partial charge in [-0.25, -0.2) is 14.1 Å². The lowest BCUT2D eigenvalue weighted by Gasteiger charge is -2.09. The Morgan fingerprint density at radius 2 is 1.72 bits per heavy atom. The predicted molar refractivity (Wildman–Crippen MR) is 116 cm³/mol. The second kappa shape index (κ2) is 8.22. The van der Waals surface area contributed by atoms with Crippen LogP contribution in [0.1, 0.15) is 10.4 Å². The van der Waals surface area contributed by atoms with Crippen LogP contribution in [0.2, 0.25) is 5.02 Å². The zero-order valence-corrected chi connectivity index (χ0v) is 18.7. The Kier molecular flexibility index (Phi) is 5.72. The molecule has 32 heavy (non-hydrogen) atoms. The molecule has 2 aromatic carbocycles. The number of hydrogen-bond acceptors (Lipinski definition) is 4. The molecule has 166 valence electrons. The van der Waals surface area contributed by atoms with E-state index >= 15 is 0 Å². The second-order valence-corrected chi connectivity index (χ2v) is 8.67. The van der Waals surface area contributed by atoms with E-state index in [0.717, 1.165) is 26.4 Å². The number of benzene rings is 2. The van der Waals surface area contributed by atoms with E-state index in [4.69, 9.17) is 11.6 Å². The summed E-state index contributed by atoms with van der Waals surface area (Å²) in [6.07, 6.45) is -4.74. The number of aromatic nitrogens is 3. The summed E-state index contributed by atoms with van der Waals surface area (Å²) >= 11 is 7.65. The van der Waals surface area contributed by atoms with Crippen molar-refractivity contribution in [3.63, 3.8) is 0 Å². The Balaban J connectivity index is 1.74. The van der Waals surface area contributed by atoms with E-state index in [0.29, 0.717) is 5.82 Å². The number of rotatable bonds is 4. The molecule has 4 rings (SSSR count). The first kappa shape index (κ1) is 22.3. The normalized spacial score (nSPS) is 11.8. The van der Waals surface area contributed by atoms with Crippen LogP contribution in [-0.4, -0.2) is 21.1 Å². The summed E-state index contributed by atoms with van der Waals surface area (Å²) in [5.74, 6) is -0.0953. The highest BCUT2D eigenvalue weighted by Gasteiger charge is 2.31. The second-order valence-electron chi connectivity index (χ2n) is 7.04. The van der Waals surface area contributed by atoms with Gasteiger partial charge in [0.15, 0.2) is 11.6 Å². The van der Waals surface area contributed by atoms with Crippen molar-refractivity contribution >= 4 is 22.9 Å². The van der Waals surface area contributed by atoms with Crippen molar-refractivity contribution in [2.75, 3.05) is 0 Å². The highest BCUT2D eigenvalue weighted by atomic mass is 35.5. The molecule has 0 amide bonds. The molecule has 0 spiro atoms. The molecule has 4 aromatic rings. The number of thiophene rings is 1. The third-order valence-electron chi connectivity index (χ3n) is 4.85. The Morgan fingerprint density at radius 3 is 2.34 bits per heavy atom. The van der Waals surface area contributed by atoms with Gasteiger partial charge >= 0.3 is 6.36 Å². The van der Waals surface area contributed by atoms with Crippen LogP contribution in [0.5, 0.6) is 5.75 Å². The minimum atomic E-state index is -4.74. The molecule has 0 saturated heterocycles. The zero-order valence-electron chi connectivity index (χ0n) is 17.1. The molecule has 10 heteroatoms. The maximum absolute atomic E-state index is 14.3. The van der Waals surface area contributed by atoms with Crippen LogP contribution in [0, 0.1) is 19.7 Å². The van der Waals surface area contributed by atoms with E-state index in [-0.39, 0.29) is 22.2 Å². The lowest BCUT2D eigenvalue weighted by atomic mass is 10.0. The molecular weight excluding hydrogens is 466 g/mol. The number of hydrogen-bond donors (Lipinski definition) is 0. The molecule has 0 aliphatic rings. The van der Waals surface area contributed by atoms with Gasteiger partial charge in [-0.05, 0) is 61.4 Å². The molecule has 0 unspecified atom stereocenters. The number of ether oxygens (including phenoxy) is 1. The average molecular weight is 482 g/mol. The Labute approximate surface area is 190 Å². The molecule has 2 heterocycles. The molecule has 0 bridgehead atoms. The summed E-state index contributed by atoms with van der Waals surface area (Å²) in [6.45, 7) is 3.82. The summed E-state index contributed by atoms with van der Waals surface area (Å²) < 4.78 is 57.1. The van der Waals surface area contributed by atoms with Crippen molar-refractivity contribution in [2.24, 2.45) is 7.05 Å². The predicted octanol–water partition coefficient (Wildman–Crippen LogP) is 7.19. The van der Waals surface area contributed by atoms with Gasteiger partial charge in [0.2, 0.25) is 0 Å². The first-order chi connectivity index (χ1) is 15.0. The van der Waals surface area contributed by atoms with Crippen molar-refractivity contribution < 1.29 is 22.3 Å². The van der Waals surface area contributed by atoms with Crippen molar-refractivity contribution in [2.45, 2.75) is 20.2 Å². The number of nitrogens with zero attached hydrogens (tertiary/aromatic N) is 3. The highest BCUT2D eigenvalue weighted by molar-refractivity contribution is 7.16. The highest BCUT2D eigenvalue weighted by Crippen LogP contribution is 2.42. The molecular formula is C22H16ClF4N3OS. The summed E-state index contributed by atoms with van der Waals surface area (Å²) in [5.41, 5.74) is 2.59. The number of halogens is 5. The Morgan fingerprint density at radius 1 is 1.03 bits per heavy atom. The van der Waals surface area contributed by atoms with Gasteiger partial charge in [0.05, 0.1) is 10.6 Å². The van der Waals surface area contributed by atoms with E-state index < -0.39 is 12.2 Å². The van der Waals surface area contributed by atoms with Gasteiger partial charge in [-0.15, -0.1) is 24.5 Å². The van der Waals surface area contributed by atoms with Crippen LogP contribution >= 0.6 is 22.9 Å². The molecule has 0 saturated carbocycles. The van der Waals surface area contributed by atoms with Crippen LogP contribution in [0.15, 0.2) is 42.5 Å². The van der Waals surface area contributed by atoms with Gasteiger partial charge in [0, 0.05) is 22.4 Å². The first-order valence-electron chi connectivity index (χ1n) is 9.37. The fraction of sp³-hybridized carbons (Fsp3) is 0.182. The van der Waals surface area contributed by atoms with Gasteiger partial charge in [0.25, 0.3) is 0 Å². The minimum absolute atomic E-state index is 0.127. The van der Waals surface area contributed by atoms with Gasteiger partial charge in [0.1, 0.15) is 11.6 Å². The van der Waals surface area contributed by atoms with E-state index in [9.17, 15) is 17.6 Å². The van der Waals surface area contributed by atoms with Crippen LogP contribution in [0.3, 0.4) is 0 Å². The fourth-order valence-corrected chi connectivity index (χ4v) is 4.90. The minimum Gasteiger partial charge on any atom is -0.406 e. The monoisotopic (exact) mass is 481 g/mol. The van der Waals surface area contributed by atoms with E-state index in [1.165, 1.54) is 35.6 Å². The van der Waals surface area contributed by atoms with E-state index in [1.807, 2.05) is 13.8 Å². The topological polar surface area (TPSA) is 39.9 Å². The lowest BCUT2D eigenvalue weighted by Crippen LogP contribution is -2.16. The SMILES string of the molecule is Cc1sc(-c2ccc(OC(F)(F)F)cc2)c(C)c1-c1nc(-c2c(F)cccc2Cl)nn1C. The zero-order chi connectivity index (χ0) is 23.2. The van der Waals surface area contributed by atoms with Crippen molar-refractivity contribution in [3.05, 3.63) is 63.7 Å². The summed E-state index contributed by atoms with van der Waals surface area (Å²) in [7, 11) is 1.71. The van der Waals surface area contributed by atoms with Gasteiger partial charge in [-0.1, -0.05) is 17.7 Å². The van der Waals surface area contributed by atoms with Gasteiger partial charge < -0.3 is 4.74 Å². The molecule has 0 aliphatic carbocycles. The number of alkyl halides is 3. The third-order valence-corrected chi connectivity index (χ3v) is 6.42. The summed E-state index contributed by atoms with van der Waals surface area (Å²) in [4.78, 5) is 6.36. The lowest BCUT2D eigenvalue weighted by molar-refractivity contribution is -0.274. The molecule has 0 N–H and O–H groups in total. The molecule has 2 aromatic heterocycles. The van der Waals surface area contributed by atoms with Crippen LogP contribution in [0.25, 0.3) is 33.2 Å². The van der Waals surface area contributed by atoms with E-state index in [1.54, 1.807) is 29.9 Å². The van der Waals surface area contributed by atoms with Crippen molar-refractivity contribution in [1.82, 2.24) is 14.8 Å². The first-order valence-corrected chi connectivity index (χ1v) is 10.6. The summed E-state index contributed by atoms with van der Waals surface area (Å²) in [5, 5.41) is 4.56. The van der Waals surface area contributed by atoms with Crippen LogP contribution in [0.4, 0.5) is 17.6 Å². The largest absolute Gasteiger partial charge is 0.573 e. The molecule has 0 aliphatic heterocycles. The van der Waals surface area contributed by atoms with Crippen LogP contribution in [-0.2, 0) is 7.05 Å². The van der Waals surface area contributed by atoms with Crippen molar-refractivity contribution in [1.29, 1.82) is 0 Å². The van der Waals surface area contributed by atoms with Crippen molar-refractivity contribution in [3.8, 4) is 39.0 Å². The van der Waals surface area contributed by atoms with Crippen LogP contribution < -0.4 is 4.74 Å². The molecule has 0 fully saturated rings. The smallest absolute Gasteiger partial charge is 0.406 e. The molecule has 4 nitrogen and oxygen atoms in total. The maximum atomic E-state index is 14.3. The third kappa shape index (κ3) is 4.22. The summed E-state index contributed by atoms with van der Waals surface area (Å²) in [6, 6.07) is 10.1. The molecule has 0 radical (unpaired) electrons. The Bertz CT molecular complexity index is 1280. The number of aryl methyl sites for hydroxylation is 2. The Hall–Kier alpha value is -2.91. The average Bonchev–Trinajstić information content (AvgIpc) is 3.20. The maximum Gasteiger partial charge on any atom is 0.573 e. The standard InChI is InChI=1S/C22H16ClF4N3OS/c1-11-17(21-28-20(29-30(21)3)18-15(23)5-4-6-16(18)24)12(2)32-19(11)13-7-9-14(10-8-13)31-22(25,26)27/h4-10H,1-3H3.